The summed E-state index contributed by atoms with van der Waals surface area (Å²) >= 11 is 0. The minimum absolute atomic E-state index is 0.0532. The van der Waals surface area contributed by atoms with Gasteiger partial charge < -0.3 is 14.9 Å². The number of alkyl halides is 6. The molecular formula is C27H24F6N4O5S. The molecule has 16 heteroatoms. The average molecular weight is 631 g/mol. The lowest BCUT2D eigenvalue weighted by atomic mass is 9.99. The first kappa shape index (κ1) is 31.6. The Bertz CT molecular complexity index is 1600. The maximum Gasteiger partial charge on any atom is 0.416 e. The largest absolute Gasteiger partial charge is 0.506 e. The quantitative estimate of drug-likeness (QED) is 0.371. The summed E-state index contributed by atoms with van der Waals surface area (Å²) in [6, 6.07) is 9.75. The van der Waals surface area contributed by atoms with Crippen molar-refractivity contribution in [3.8, 4) is 16.9 Å². The zero-order chi connectivity index (χ0) is 31.6. The molecule has 0 unspecified atom stereocenters. The number of hydrogen-bond acceptors (Lipinski definition) is 7. The van der Waals surface area contributed by atoms with Crippen LogP contribution in [0.1, 0.15) is 32.7 Å². The highest BCUT2D eigenvalue weighted by atomic mass is 32.2. The number of anilines is 1. The van der Waals surface area contributed by atoms with Gasteiger partial charge in [-0.15, -0.1) is 0 Å². The predicted molar refractivity (Wildman–Crippen MR) is 143 cm³/mol. The number of carbonyl (C=O) groups is 2. The Labute approximate surface area is 241 Å². The van der Waals surface area contributed by atoms with Gasteiger partial charge in [-0.2, -0.15) is 26.3 Å². The van der Waals surface area contributed by atoms with Gasteiger partial charge in [0.1, 0.15) is 5.75 Å². The number of pyridine rings is 1. The van der Waals surface area contributed by atoms with E-state index in [1.165, 1.54) is 47.5 Å². The summed E-state index contributed by atoms with van der Waals surface area (Å²) in [5.41, 5.74) is -0.481. The molecule has 2 amide bonds. The minimum atomic E-state index is -4.73. The molecule has 0 aliphatic carbocycles. The molecule has 2 heterocycles. The number of rotatable bonds is 7. The van der Waals surface area contributed by atoms with E-state index in [0.29, 0.717) is 5.69 Å². The molecular weight excluding hydrogens is 606 g/mol. The first-order valence-corrected chi connectivity index (χ1v) is 14.3. The van der Waals surface area contributed by atoms with Crippen LogP contribution < -0.4 is 9.62 Å². The van der Waals surface area contributed by atoms with Crippen LogP contribution in [0, 0.1) is 0 Å². The average Bonchev–Trinajstić information content (AvgIpc) is 2.95. The van der Waals surface area contributed by atoms with Crippen LogP contribution in [0.15, 0.2) is 60.9 Å². The molecule has 0 saturated carbocycles. The number of sulfonamides is 1. The van der Waals surface area contributed by atoms with E-state index in [9.17, 15) is 49.5 Å². The third-order valence-corrected chi connectivity index (χ3v) is 7.77. The number of hydrogen-bond donors (Lipinski definition) is 2. The number of amides is 2. The van der Waals surface area contributed by atoms with E-state index in [2.05, 4.69) is 4.98 Å². The third-order valence-electron chi connectivity index (χ3n) is 6.53. The highest BCUT2D eigenvalue weighted by Gasteiger charge is 2.33. The van der Waals surface area contributed by atoms with Crippen molar-refractivity contribution in [2.75, 3.05) is 36.8 Å². The molecule has 1 saturated heterocycles. The van der Waals surface area contributed by atoms with E-state index >= 15 is 0 Å². The van der Waals surface area contributed by atoms with Gasteiger partial charge >= 0.3 is 12.4 Å². The summed E-state index contributed by atoms with van der Waals surface area (Å²) in [7, 11) is -4.51. The van der Waals surface area contributed by atoms with Crippen molar-refractivity contribution in [3.05, 3.63) is 77.6 Å². The number of halogens is 6. The van der Waals surface area contributed by atoms with Crippen molar-refractivity contribution in [1.29, 1.82) is 0 Å². The summed E-state index contributed by atoms with van der Waals surface area (Å²) in [6.45, 7) is 0.867. The molecule has 0 bridgehead atoms. The maximum atomic E-state index is 13.6. The Hall–Kier alpha value is -4.34. The van der Waals surface area contributed by atoms with Gasteiger partial charge in [0.15, 0.2) is 0 Å². The molecule has 1 aromatic heterocycles. The monoisotopic (exact) mass is 630 g/mol. The fourth-order valence-corrected chi connectivity index (χ4v) is 5.34. The lowest BCUT2D eigenvalue weighted by Crippen LogP contribution is -2.48. The molecule has 2 aromatic carbocycles. The van der Waals surface area contributed by atoms with E-state index in [1.807, 2.05) is 4.90 Å². The van der Waals surface area contributed by atoms with Gasteiger partial charge in [0.2, 0.25) is 10.0 Å². The first-order chi connectivity index (χ1) is 20.0. The zero-order valence-electron chi connectivity index (χ0n) is 22.1. The molecule has 3 aromatic rings. The molecule has 1 aliphatic rings. The van der Waals surface area contributed by atoms with E-state index < -0.39 is 51.9 Å². The molecule has 0 atom stereocenters. The molecule has 2 N–H and O–H groups in total. The van der Waals surface area contributed by atoms with E-state index in [0.717, 1.165) is 18.3 Å². The number of aromatic nitrogens is 1. The van der Waals surface area contributed by atoms with Gasteiger partial charge in [0.05, 0.1) is 23.9 Å². The summed E-state index contributed by atoms with van der Waals surface area (Å²) < 4.78 is 103. The van der Waals surface area contributed by atoms with Crippen LogP contribution in [0.3, 0.4) is 0 Å². The number of benzene rings is 2. The molecule has 9 nitrogen and oxygen atoms in total. The van der Waals surface area contributed by atoms with Gasteiger partial charge in [-0.3, -0.25) is 14.6 Å². The van der Waals surface area contributed by atoms with Crippen LogP contribution in [0.4, 0.5) is 32.0 Å². The Kier molecular flexibility index (Phi) is 8.89. The second-order valence-corrected chi connectivity index (χ2v) is 11.5. The molecule has 0 spiro atoms. The van der Waals surface area contributed by atoms with Gasteiger partial charge in [0.25, 0.3) is 11.8 Å². The van der Waals surface area contributed by atoms with E-state index in [4.69, 9.17) is 0 Å². The van der Waals surface area contributed by atoms with E-state index in [1.54, 1.807) is 4.72 Å². The number of nitrogens with one attached hydrogen (secondary N) is 1. The zero-order valence-corrected chi connectivity index (χ0v) is 22.9. The normalized spacial score (nSPS) is 14.5. The maximum absolute atomic E-state index is 13.6. The van der Waals surface area contributed by atoms with Crippen molar-refractivity contribution in [3.63, 3.8) is 0 Å². The molecule has 230 valence electrons. The topological polar surface area (TPSA) is 120 Å². The SMILES string of the molecule is O=C(NS(=O)(=O)CCC(F)(F)F)c1ccc(N2CCN(C(=O)c3cc(-c4cncc(O)c4)cc(C(F)(F)F)c3)CC2)cc1. The van der Waals surface area contributed by atoms with Crippen molar-refractivity contribution in [2.45, 2.75) is 18.8 Å². The van der Waals surface area contributed by atoms with Crippen LogP contribution >= 0.6 is 0 Å². The Morgan fingerprint density at radius 1 is 0.860 bits per heavy atom. The molecule has 43 heavy (non-hydrogen) atoms. The van der Waals surface area contributed by atoms with Crippen molar-refractivity contribution in [1.82, 2.24) is 14.6 Å². The van der Waals surface area contributed by atoms with Crippen molar-refractivity contribution < 1.29 is 49.5 Å². The number of nitrogens with zero attached hydrogens (tertiary/aromatic N) is 3. The second kappa shape index (κ2) is 12.1. The Balaban J connectivity index is 1.41. The standard InChI is InChI=1S/C27H24F6N4O5S/c28-26(29,30)5-10-43(41,42)35-24(39)17-1-3-22(4-2-17)36-6-8-37(9-7-36)25(40)19-11-18(12-21(13-19)27(31,32)33)20-14-23(38)16-34-15-20/h1-4,11-16,38H,5-10H2,(H,35,39). The lowest BCUT2D eigenvalue weighted by molar-refractivity contribution is -0.137. The summed E-state index contributed by atoms with van der Waals surface area (Å²) in [4.78, 5) is 32.5. The highest BCUT2D eigenvalue weighted by molar-refractivity contribution is 7.90. The van der Waals surface area contributed by atoms with Crippen LogP contribution in [0.5, 0.6) is 5.75 Å². The summed E-state index contributed by atoms with van der Waals surface area (Å²) in [6.07, 6.45) is -8.64. The lowest BCUT2D eigenvalue weighted by Gasteiger charge is -2.36. The number of aromatic hydroxyl groups is 1. The molecule has 1 fully saturated rings. The van der Waals surface area contributed by atoms with Gasteiger partial charge in [-0.05, 0) is 54.1 Å². The molecule has 0 radical (unpaired) electrons. The summed E-state index contributed by atoms with van der Waals surface area (Å²) in [5.74, 6) is -3.26. The Morgan fingerprint density at radius 2 is 1.51 bits per heavy atom. The Morgan fingerprint density at radius 3 is 2.09 bits per heavy atom. The smallest absolute Gasteiger partial charge is 0.416 e. The van der Waals surface area contributed by atoms with Crippen molar-refractivity contribution in [2.24, 2.45) is 0 Å². The fraction of sp³-hybridized carbons (Fsp3) is 0.296. The van der Waals surface area contributed by atoms with Crippen LogP contribution in [-0.4, -0.2) is 73.3 Å². The van der Waals surface area contributed by atoms with Gasteiger partial charge in [0, 0.05) is 54.8 Å². The summed E-state index contributed by atoms with van der Waals surface area (Å²) in [5, 5.41) is 9.69. The highest BCUT2D eigenvalue weighted by Crippen LogP contribution is 2.34. The van der Waals surface area contributed by atoms with Crippen LogP contribution in [0.2, 0.25) is 0 Å². The molecule has 1 aliphatic heterocycles. The number of piperazine rings is 1. The second-order valence-electron chi connectivity index (χ2n) is 9.67. The number of carbonyl (C=O) groups excluding carboxylic acids is 2. The molecule has 4 rings (SSSR count). The van der Waals surface area contributed by atoms with Gasteiger partial charge in [-0.25, -0.2) is 13.1 Å². The first-order valence-electron chi connectivity index (χ1n) is 12.6. The van der Waals surface area contributed by atoms with Crippen molar-refractivity contribution >= 4 is 27.5 Å². The fourth-order valence-electron chi connectivity index (χ4n) is 4.34. The van der Waals surface area contributed by atoms with Crippen LogP contribution in [0.25, 0.3) is 11.1 Å². The predicted octanol–water partition coefficient (Wildman–Crippen LogP) is 4.45. The third kappa shape index (κ3) is 8.37. The van der Waals surface area contributed by atoms with Crippen LogP contribution in [-0.2, 0) is 16.2 Å². The van der Waals surface area contributed by atoms with E-state index in [-0.39, 0.29) is 54.2 Å². The minimum Gasteiger partial charge on any atom is -0.506 e. The van der Waals surface area contributed by atoms with Gasteiger partial charge in [-0.1, -0.05) is 0 Å².